The molecule has 2 atom stereocenters. The van der Waals surface area contributed by atoms with E-state index in [2.05, 4.69) is 17.4 Å². The zero-order valence-corrected chi connectivity index (χ0v) is 17.7. The molecular weight excluding hydrogens is 381 g/mol. The van der Waals surface area contributed by atoms with Crippen molar-refractivity contribution >= 4 is 5.78 Å². The van der Waals surface area contributed by atoms with E-state index < -0.39 is 11.0 Å². The van der Waals surface area contributed by atoms with Gasteiger partial charge in [0.15, 0.2) is 5.78 Å². The Morgan fingerprint density at radius 1 is 1.17 bits per heavy atom. The van der Waals surface area contributed by atoms with Crippen molar-refractivity contribution in [1.29, 1.82) is 0 Å². The van der Waals surface area contributed by atoms with Crippen LogP contribution in [0.3, 0.4) is 0 Å². The van der Waals surface area contributed by atoms with Gasteiger partial charge in [0.2, 0.25) is 0 Å². The molecule has 0 aliphatic carbocycles. The van der Waals surface area contributed by atoms with Crippen LogP contribution in [-0.4, -0.2) is 42.8 Å². The second kappa shape index (κ2) is 8.22. The average molecular weight is 412 g/mol. The number of nitrogens with one attached hydrogen (secondary N) is 1. The Morgan fingerprint density at radius 3 is 2.40 bits per heavy atom. The number of carbonyl (C=O) groups excluding carboxylic acids is 1. The van der Waals surface area contributed by atoms with Crippen LogP contribution in [0.4, 0.5) is 4.39 Å². The zero-order chi connectivity index (χ0) is 21.4. The lowest BCUT2D eigenvalue weighted by Crippen LogP contribution is -2.53. The molecule has 0 amide bonds. The summed E-state index contributed by atoms with van der Waals surface area (Å²) in [6.07, 6.45) is 1.24. The molecular formula is C25H30FNO3. The molecule has 2 aromatic rings. The largest absolute Gasteiger partial charge is 0.390 e. The van der Waals surface area contributed by atoms with Gasteiger partial charge in [-0.05, 0) is 61.6 Å². The van der Waals surface area contributed by atoms with Gasteiger partial charge in [-0.2, -0.15) is 0 Å². The number of ketones is 1. The van der Waals surface area contributed by atoms with Crippen molar-refractivity contribution in [1.82, 2.24) is 5.32 Å². The normalized spacial score (nSPS) is 23.6. The molecule has 2 aliphatic rings. The van der Waals surface area contributed by atoms with Gasteiger partial charge >= 0.3 is 0 Å². The Bertz CT molecular complexity index is 882. The number of Topliss-reactive ketones (excluding diaryl/α,β-unsaturated/α-hetero) is 1. The number of halogens is 1. The van der Waals surface area contributed by atoms with Gasteiger partial charge in [-0.15, -0.1) is 0 Å². The lowest BCUT2D eigenvalue weighted by atomic mass is 9.71. The molecule has 160 valence electrons. The molecule has 2 aliphatic heterocycles. The van der Waals surface area contributed by atoms with Gasteiger partial charge < -0.3 is 15.2 Å². The SMILES string of the molecule is CC(C)(O)C1CNCCC1c1ccc(C2(C(=O)Cc3ccc(F)cc3)COC2)cc1. The van der Waals surface area contributed by atoms with Crippen LogP contribution in [0.1, 0.15) is 42.9 Å². The number of carbonyl (C=O) groups is 1. The quantitative estimate of drug-likeness (QED) is 0.765. The van der Waals surface area contributed by atoms with Gasteiger partial charge in [-0.3, -0.25) is 4.79 Å². The highest BCUT2D eigenvalue weighted by atomic mass is 19.1. The lowest BCUT2D eigenvalue weighted by molar-refractivity contribution is -0.142. The fourth-order valence-electron chi connectivity index (χ4n) is 4.80. The minimum Gasteiger partial charge on any atom is -0.390 e. The summed E-state index contributed by atoms with van der Waals surface area (Å²) in [4.78, 5) is 13.2. The van der Waals surface area contributed by atoms with Crippen LogP contribution in [0, 0.1) is 11.7 Å². The molecule has 0 saturated carbocycles. The minimum atomic E-state index is -0.759. The first-order chi connectivity index (χ1) is 14.3. The van der Waals surface area contributed by atoms with Crippen molar-refractivity contribution in [3.05, 3.63) is 71.0 Å². The number of hydrogen-bond donors (Lipinski definition) is 2. The van der Waals surface area contributed by atoms with Crippen LogP contribution in [0.15, 0.2) is 48.5 Å². The molecule has 5 heteroatoms. The predicted octanol–water partition coefficient (Wildman–Crippen LogP) is 3.37. The molecule has 0 aromatic heterocycles. The van der Waals surface area contributed by atoms with E-state index in [0.29, 0.717) is 13.2 Å². The van der Waals surface area contributed by atoms with Gasteiger partial charge in [0.25, 0.3) is 0 Å². The van der Waals surface area contributed by atoms with Gasteiger partial charge in [0.05, 0.1) is 18.8 Å². The third kappa shape index (κ3) is 4.07. The van der Waals surface area contributed by atoms with E-state index in [0.717, 1.165) is 30.6 Å². The fourth-order valence-corrected chi connectivity index (χ4v) is 4.80. The fraction of sp³-hybridized carbons (Fsp3) is 0.480. The summed E-state index contributed by atoms with van der Waals surface area (Å²) in [6.45, 7) is 6.25. The van der Waals surface area contributed by atoms with E-state index in [-0.39, 0.29) is 29.9 Å². The molecule has 0 bridgehead atoms. The maximum absolute atomic E-state index is 13.2. The first kappa shape index (κ1) is 21.2. The monoisotopic (exact) mass is 411 g/mol. The van der Waals surface area contributed by atoms with E-state index in [4.69, 9.17) is 4.74 Å². The van der Waals surface area contributed by atoms with Crippen LogP contribution in [0.2, 0.25) is 0 Å². The lowest BCUT2D eigenvalue weighted by Gasteiger charge is -2.42. The molecule has 2 unspecified atom stereocenters. The summed E-state index contributed by atoms with van der Waals surface area (Å²) in [5.41, 5.74) is 1.60. The van der Waals surface area contributed by atoms with E-state index >= 15 is 0 Å². The molecule has 2 N–H and O–H groups in total. The number of hydrogen-bond acceptors (Lipinski definition) is 4. The average Bonchev–Trinajstić information content (AvgIpc) is 2.69. The molecule has 0 radical (unpaired) electrons. The standard InChI is InChI=1S/C25H30FNO3/c1-24(2,29)22-14-27-12-11-21(22)18-5-7-19(8-6-18)25(15-30-16-25)23(28)13-17-3-9-20(26)10-4-17/h3-10,21-22,27,29H,11-16H2,1-2H3. The minimum absolute atomic E-state index is 0.101. The predicted molar refractivity (Wildman–Crippen MR) is 114 cm³/mol. The maximum atomic E-state index is 13.2. The molecule has 2 saturated heterocycles. The summed E-state index contributed by atoms with van der Waals surface area (Å²) in [6, 6.07) is 14.4. The molecule has 2 fully saturated rings. The Kier molecular flexibility index (Phi) is 5.80. The Morgan fingerprint density at radius 2 is 1.83 bits per heavy atom. The second-order valence-electron chi connectivity index (χ2n) is 9.28. The van der Waals surface area contributed by atoms with Crippen LogP contribution < -0.4 is 5.32 Å². The van der Waals surface area contributed by atoms with Gasteiger partial charge in [0, 0.05) is 18.9 Å². The summed E-state index contributed by atoms with van der Waals surface area (Å²) >= 11 is 0. The van der Waals surface area contributed by atoms with Crippen molar-refractivity contribution in [2.24, 2.45) is 5.92 Å². The number of aliphatic hydroxyl groups is 1. The third-order valence-corrected chi connectivity index (χ3v) is 6.79. The smallest absolute Gasteiger partial charge is 0.152 e. The Balaban J connectivity index is 1.54. The molecule has 4 rings (SSSR count). The van der Waals surface area contributed by atoms with Gasteiger partial charge in [-0.1, -0.05) is 36.4 Å². The number of piperidine rings is 1. The van der Waals surface area contributed by atoms with Crippen molar-refractivity contribution < 1.29 is 19.0 Å². The van der Waals surface area contributed by atoms with Crippen molar-refractivity contribution in [2.75, 3.05) is 26.3 Å². The highest BCUT2D eigenvalue weighted by Crippen LogP contribution is 2.39. The zero-order valence-electron chi connectivity index (χ0n) is 17.7. The van der Waals surface area contributed by atoms with Crippen LogP contribution in [0.5, 0.6) is 0 Å². The summed E-state index contributed by atoms with van der Waals surface area (Å²) in [7, 11) is 0. The second-order valence-corrected chi connectivity index (χ2v) is 9.28. The third-order valence-electron chi connectivity index (χ3n) is 6.79. The van der Waals surface area contributed by atoms with Crippen LogP contribution in [0.25, 0.3) is 0 Å². The Labute approximate surface area is 177 Å². The molecule has 2 heterocycles. The summed E-state index contributed by atoms with van der Waals surface area (Å²) < 4.78 is 18.6. The van der Waals surface area contributed by atoms with Crippen LogP contribution in [-0.2, 0) is 21.4 Å². The first-order valence-corrected chi connectivity index (χ1v) is 10.7. The molecule has 0 spiro atoms. The van der Waals surface area contributed by atoms with Crippen LogP contribution >= 0.6 is 0 Å². The maximum Gasteiger partial charge on any atom is 0.152 e. The number of benzene rings is 2. The van der Waals surface area contributed by atoms with E-state index in [9.17, 15) is 14.3 Å². The topological polar surface area (TPSA) is 58.6 Å². The Hall–Kier alpha value is -2.08. The van der Waals surface area contributed by atoms with E-state index in [1.165, 1.54) is 17.7 Å². The van der Waals surface area contributed by atoms with E-state index in [1.807, 2.05) is 26.0 Å². The van der Waals surface area contributed by atoms with Crippen molar-refractivity contribution in [2.45, 2.75) is 43.6 Å². The highest BCUT2D eigenvalue weighted by Gasteiger charge is 2.47. The summed E-state index contributed by atoms with van der Waals surface area (Å²) in [5.74, 6) is 0.220. The highest BCUT2D eigenvalue weighted by molar-refractivity contribution is 5.93. The van der Waals surface area contributed by atoms with Crippen molar-refractivity contribution in [3.8, 4) is 0 Å². The van der Waals surface area contributed by atoms with Gasteiger partial charge in [-0.25, -0.2) is 4.39 Å². The molecule has 30 heavy (non-hydrogen) atoms. The van der Waals surface area contributed by atoms with Crippen molar-refractivity contribution in [3.63, 3.8) is 0 Å². The van der Waals surface area contributed by atoms with Gasteiger partial charge in [0.1, 0.15) is 11.2 Å². The summed E-state index contributed by atoms with van der Waals surface area (Å²) in [5, 5.41) is 14.0. The molecule has 4 nitrogen and oxygen atoms in total. The number of rotatable bonds is 6. The number of ether oxygens (including phenoxy) is 1. The molecule has 2 aromatic carbocycles. The van der Waals surface area contributed by atoms with E-state index in [1.54, 1.807) is 12.1 Å². The first-order valence-electron chi connectivity index (χ1n) is 10.7.